The summed E-state index contributed by atoms with van der Waals surface area (Å²) in [4.78, 5) is 21.1. The van der Waals surface area contributed by atoms with Crippen molar-refractivity contribution in [3.63, 3.8) is 0 Å². The molecule has 128 valence electrons. The van der Waals surface area contributed by atoms with Crippen molar-refractivity contribution in [1.82, 2.24) is 9.97 Å². The van der Waals surface area contributed by atoms with Crippen LogP contribution in [0.5, 0.6) is 5.75 Å². The van der Waals surface area contributed by atoms with E-state index in [1.54, 1.807) is 30.3 Å². The summed E-state index contributed by atoms with van der Waals surface area (Å²) >= 11 is 6.05. The van der Waals surface area contributed by atoms with Gasteiger partial charge in [-0.15, -0.1) is 0 Å². The van der Waals surface area contributed by atoms with Gasteiger partial charge in [-0.25, -0.2) is 14.8 Å². The summed E-state index contributed by atoms with van der Waals surface area (Å²) in [7, 11) is 1.53. The molecule has 0 fully saturated rings. The number of carbonyl (C=O) groups excluding carboxylic acids is 1. The number of hydrogen-bond donors (Lipinski definition) is 2. The predicted octanol–water partition coefficient (Wildman–Crippen LogP) is 4.55. The Kier molecular flexibility index (Phi) is 4.72. The number of methoxy groups -OCH3 is 1. The van der Waals surface area contributed by atoms with Gasteiger partial charge in [-0.3, -0.25) is 0 Å². The Morgan fingerprint density at radius 2 is 1.56 bits per heavy atom. The van der Waals surface area contributed by atoms with Crippen LogP contribution in [0.3, 0.4) is 0 Å². The van der Waals surface area contributed by atoms with Crippen molar-refractivity contribution in [2.45, 2.75) is 13.8 Å². The zero-order chi connectivity index (χ0) is 18.0. The number of urea groups is 1. The van der Waals surface area contributed by atoms with Gasteiger partial charge in [-0.1, -0.05) is 11.6 Å². The second-order valence-electron chi connectivity index (χ2n) is 5.53. The minimum atomic E-state index is -0.377. The molecule has 2 aromatic carbocycles. The van der Waals surface area contributed by atoms with Gasteiger partial charge in [0.05, 0.1) is 34.6 Å². The zero-order valence-corrected chi connectivity index (χ0v) is 14.8. The fourth-order valence-corrected chi connectivity index (χ4v) is 2.60. The van der Waals surface area contributed by atoms with E-state index >= 15 is 0 Å². The van der Waals surface area contributed by atoms with Crippen LogP contribution in [0.1, 0.15) is 11.4 Å². The van der Waals surface area contributed by atoms with E-state index < -0.39 is 0 Å². The Labute approximate surface area is 150 Å². The Bertz CT molecular complexity index is 959. The number of anilines is 2. The summed E-state index contributed by atoms with van der Waals surface area (Å²) in [5.41, 5.74) is 4.46. The van der Waals surface area contributed by atoms with Crippen molar-refractivity contribution in [1.29, 1.82) is 0 Å². The maximum atomic E-state index is 12.2. The lowest BCUT2D eigenvalue weighted by atomic mass is 10.2. The molecular formula is C18H17ClN4O2. The van der Waals surface area contributed by atoms with Crippen molar-refractivity contribution < 1.29 is 9.53 Å². The molecule has 1 aromatic heterocycles. The SMILES string of the molecule is COc1ccc(NC(=O)Nc2ccc3nc(C)c(C)nc3c2)cc1Cl. The number of hydrogen-bond acceptors (Lipinski definition) is 4. The van der Waals surface area contributed by atoms with Crippen molar-refractivity contribution in [2.75, 3.05) is 17.7 Å². The third-order valence-electron chi connectivity index (χ3n) is 3.74. The monoisotopic (exact) mass is 356 g/mol. The van der Waals surface area contributed by atoms with Gasteiger partial charge in [0.1, 0.15) is 5.75 Å². The maximum absolute atomic E-state index is 12.2. The molecule has 25 heavy (non-hydrogen) atoms. The van der Waals surface area contributed by atoms with Gasteiger partial charge in [-0.2, -0.15) is 0 Å². The maximum Gasteiger partial charge on any atom is 0.323 e. The number of carbonyl (C=O) groups is 1. The largest absolute Gasteiger partial charge is 0.495 e. The first kappa shape index (κ1) is 17.0. The lowest BCUT2D eigenvalue weighted by Crippen LogP contribution is -2.19. The van der Waals surface area contributed by atoms with Gasteiger partial charge in [0, 0.05) is 11.4 Å². The molecule has 3 rings (SSSR count). The summed E-state index contributed by atoms with van der Waals surface area (Å²) in [6.07, 6.45) is 0. The highest BCUT2D eigenvalue weighted by Gasteiger charge is 2.08. The Morgan fingerprint density at radius 3 is 2.20 bits per heavy atom. The molecule has 0 aliphatic carbocycles. The molecule has 0 unspecified atom stereocenters. The van der Waals surface area contributed by atoms with Crippen molar-refractivity contribution >= 4 is 40.0 Å². The number of aryl methyl sites for hydroxylation is 2. The molecule has 1 heterocycles. The van der Waals surface area contributed by atoms with Crippen molar-refractivity contribution in [3.05, 3.63) is 52.8 Å². The lowest BCUT2D eigenvalue weighted by molar-refractivity contribution is 0.262. The molecule has 0 radical (unpaired) electrons. The number of nitrogens with zero attached hydrogens (tertiary/aromatic N) is 2. The van der Waals surface area contributed by atoms with Gasteiger partial charge < -0.3 is 15.4 Å². The Balaban J connectivity index is 1.75. The highest BCUT2D eigenvalue weighted by atomic mass is 35.5. The predicted molar refractivity (Wildman–Crippen MR) is 99.7 cm³/mol. The first-order chi connectivity index (χ1) is 12.0. The van der Waals surface area contributed by atoms with Gasteiger partial charge in [0.15, 0.2) is 0 Å². The van der Waals surface area contributed by atoms with E-state index in [9.17, 15) is 4.79 Å². The first-order valence-corrected chi connectivity index (χ1v) is 8.00. The number of ether oxygens (including phenoxy) is 1. The molecule has 0 atom stereocenters. The molecule has 3 aromatic rings. The Morgan fingerprint density at radius 1 is 0.960 bits per heavy atom. The first-order valence-electron chi connectivity index (χ1n) is 7.63. The molecule has 2 amide bonds. The normalized spacial score (nSPS) is 10.6. The number of benzene rings is 2. The van der Waals surface area contributed by atoms with E-state index in [2.05, 4.69) is 20.6 Å². The molecular weight excluding hydrogens is 340 g/mol. The van der Waals surface area contributed by atoms with Crippen LogP contribution in [0.25, 0.3) is 11.0 Å². The van der Waals surface area contributed by atoms with Gasteiger partial charge >= 0.3 is 6.03 Å². The molecule has 0 bridgehead atoms. The Hall–Kier alpha value is -2.86. The molecule has 0 saturated heterocycles. The molecule has 0 saturated carbocycles. The molecule has 0 aliphatic rings. The van der Waals surface area contributed by atoms with Crippen molar-refractivity contribution in [2.24, 2.45) is 0 Å². The highest BCUT2D eigenvalue weighted by molar-refractivity contribution is 6.32. The molecule has 0 aliphatic heterocycles. The topological polar surface area (TPSA) is 76.1 Å². The van der Waals surface area contributed by atoms with Gasteiger partial charge in [0.25, 0.3) is 0 Å². The number of aromatic nitrogens is 2. The van der Waals surface area contributed by atoms with Crippen LogP contribution in [-0.4, -0.2) is 23.1 Å². The van der Waals surface area contributed by atoms with E-state index in [1.807, 2.05) is 19.9 Å². The lowest BCUT2D eigenvalue weighted by Gasteiger charge is -2.10. The molecule has 6 nitrogen and oxygen atoms in total. The number of halogens is 1. The van der Waals surface area contributed by atoms with E-state index in [0.717, 1.165) is 22.4 Å². The van der Waals surface area contributed by atoms with Crippen LogP contribution in [0, 0.1) is 13.8 Å². The third-order valence-corrected chi connectivity index (χ3v) is 4.04. The molecule has 0 spiro atoms. The average molecular weight is 357 g/mol. The van der Waals surface area contributed by atoms with E-state index in [4.69, 9.17) is 16.3 Å². The summed E-state index contributed by atoms with van der Waals surface area (Å²) in [5.74, 6) is 0.548. The molecule has 2 N–H and O–H groups in total. The number of amides is 2. The second kappa shape index (κ2) is 6.94. The number of rotatable bonds is 3. The highest BCUT2D eigenvalue weighted by Crippen LogP contribution is 2.27. The van der Waals surface area contributed by atoms with E-state index in [0.29, 0.717) is 22.1 Å². The van der Waals surface area contributed by atoms with Crippen molar-refractivity contribution in [3.8, 4) is 5.75 Å². The average Bonchev–Trinajstić information content (AvgIpc) is 2.56. The van der Waals surface area contributed by atoms with Crippen LogP contribution in [0.4, 0.5) is 16.2 Å². The fraction of sp³-hybridized carbons (Fsp3) is 0.167. The van der Waals surface area contributed by atoms with Gasteiger partial charge in [-0.05, 0) is 50.2 Å². The summed E-state index contributed by atoms with van der Waals surface area (Å²) < 4.78 is 5.09. The molecule has 7 heteroatoms. The van der Waals surface area contributed by atoms with Crippen LogP contribution >= 0.6 is 11.6 Å². The van der Waals surface area contributed by atoms with Gasteiger partial charge in [0.2, 0.25) is 0 Å². The fourth-order valence-electron chi connectivity index (χ4n) is 2.35. The smallest absolute Gasteiger partial charge is 0.323 e. The summed E-state index contributed by atoms with van der Waals surface area (Å²) in [6.45, 7) is 3.82. The van der Waals surface area contributed by atoms with E-state index in [-0.39, 0.29) is 6.03 Å². The number of fused-ring (bicyclic) bond motifs is 1. The van der Waals surface area contributed by atoms with Crippen LogP contribution < -0.4 is 15.4 Å². The summed E-state index contributed by atoms with van der Waals surface area (Å²) in [5, 5.41) is 5.92. The number of nitrogens with one attached hydrogen (secondary N) is 2. The minimum Gasteiger partial charge on any atom is -0.495 e. The standard InChI is InChI=1S/C18H17ClN4O2/c1-10-11(2)21-16-9-13(4-6-15(16)20-10)23-18(24)22-12-5-7-17(25-3)14(19)8-12/h4-9H,1-3H3,(H2,22,23,24). The zero-order valence-electron chi connectivity index (χ0n) is 14.1. The van der Waals surface area contributed by atoms with Crippen LogP contribution in [0.2, 0.25) is 5.02 Å². The minimum absolute atomic E-state index is 0.377. The second-order valence-corrected chi connectivity index (χ2v) is 5.93. The summed E-state index contributed by atoms with van der Waals surface area (Å²) in [6, 6.07) is 10.0. The van der Waals surface area contributed by atoms with E-state index in [1.165, 1.54) is 7.11 Å². The third kappa shape index (κ3) is 3.80. The van der Waals surface area contributed by atoms with Crippen LogP contribution in [-0.2, 0) is 0 Å². The van der Waals surface area contributed by atoms with Crippen LogP contribution in [0.15, 0.2) is 36.4 Å². The quantitative estimate of drug-likeness (QED) is 0.721.